The van der Waals surface area contributed by atoms with Crippen LogP contribution in [0.5, 0.6) is 0 Å². The first-order valence-corrected chi connectivity index (χ1v) is 7.16. The fourth-order valence-corrected chi connectivity index (χ4v) is 2.38. The number of fused-ring (bicyclic) bond motifs is 1. The number of hydrogen-bond donors (Lipinski definition) is 0. The van der Waals surface area contributed by atoms with Crippen LogP contribution in [0.25, 0.3) is 21.8 Å². The van der Waals surface area contributed by atoms with Crippen LogP contribution in [0.2, 0.25) is 0 Å². The van der Waals surface area contributed by atoms with Crippen molar-refractivity contribution >= 4 is 34.7 Å². The Labute approximate surface area is 122 Å². The molecular weight excluding hydrogens is 239 g/mol. The minimum atomic E-state index is 1.27. The normalized spacial score (nSPS) is 13.0. The summed E-state index contributed by atoms with van der Waals surface area (Å²) in [5.41, 5.74) is 5.15. The molecule has 0 aliphatic rings. The summed E-state index contributed by atoms with van der Waals surface area (Å²) in [7, 11) is 0. The second-order valence-electron chi connectivity index (χ2n) is 4.99. The second kappa shape index (κ2) is 6.52. The fraction of sp³-hybridized carbons (Fsp3) is 0.211. The standard InChI is InChI=1S/C19H21B/c1-5-14(4)16-10-8-15-9-11-17(13-18(15)12-16)19(6-2)20-7-3/h5-13H,1-4H3/b14-5+,19-6-. The zero-order chi connectivity index (χ0) is 14.5. The number of allylic oxidation sites excluding steroid dienone is 3. The van der Waals surface area contributed by atoms with Crippen molar-refractivity contribution < 1.29 is 0 Å². The molecule has 0 N–H and O–H groups in total. The van der Waals surface area contributed by atoms with Crippen molar-refractivity contribution in [2.75, 3.05) is 0 Å². The summed E-state index contributed by atoms with van der Waals surface area (Å²) in [6.45, 7) is 10.5. The van der Waals surface area contributed by atoms with E-state index >= 15 is 0 Å². The van der Waals surface area contributed by atoms with E-state index in [1.165, 1.54) is 32.9 Å². The van der Waals surface area contributed by atoms with Crippen molar-refractivity contribution in [3.05, 3.63) is 59.7 Å². The second-order valence-corrected chi connectivity index (χ2v) is 4.99. The molecule has 1 heteroatoms. The molecule has 0 nitrogen and oxygen atoms in total. The van der Waals surface area contributed by atoms with E-state index < -0.39 is 0 Å². The zero-order valence-corrected chi connectivity index (χ0v) is 12.8. The van der Waals surface area contributed by atoms with E-state index in [1.54, 1.807) is 0 Å². The van der Waals surface area contributed by atoms with Gasteiger partial charge in [0.15, 0.2) is 0 Å². The molecule has 0 bridgehead atoms. The SMILES string of the molecule is C/C=B\C(=C/C)c1ccc2ccc(/C(C)=C/C)cc2c1. The Kier molecular flexibility index (Phi) is 4.73. The van der Waals surface area contributed by atoms with Crippen LogP contribution in [0.4, 0.5) is 0 Å². The summed E-state index contributed by atoms with van der Waals surface area (Å²) in [6, 6.07) is 13.3. The van der Waals surface area contributed by atoms with Crippen molar-refractivity contribution in [2.45, 2.75) is 27.7 Å². The van der Waals surface area contributed by atoms with Gasteiger partial charge >= 0.3 is 122 Å². The van der Waals surface area contributed by atoms with Gasteiger partial charge in [0.05, 0.1) is 0 Å². The Bertz CT molecular complexity index is 703. The van der Waals surface area contributed by atoms with Gasteiger partial charge in [-0.15, -0.1) is 0 Å². The van der Waals surface area contributed by atoms with Gasteiger partial charge in [-0.3, -0.25) is 0 Å². The molecule has 20 heavy (non-hydrogen) atoms. The molecule has 0 aliphatic carbocycles. The third-order valence-electron chi connectivity index (χ3n) is 3.72. The van der Waals surface area contributed by atoms with Gasteiger partial charge in [-0.1, -0.05) is 0 Å². The van der Waals surface area contributed by atoms with Crippen LogP contribution in [-0.2, 0) is 0 Å². The summed E-state index contributed by atoms with van der Waals surface area (Å²) < 4.78 is 0. The molecule has 0 amide bonds. The number of rotatable bonds is 3. The predicted molar refractivity (Wildman–Crippen MR) is 94.4 cm³/mol. The number of hydrogen-bond acceptors (Lipinski definition) is 0. The predicted octanol–water partition coefficient (Wildman–Crippen LogP) is 5.15. The van der Waals surface area contributed by atoms with E-state index in [-0.39, 0.29) is 0 Å². The average Bonchev–Trinajstić information content (AvgIpc) is 2.50. The van der Waals surface area contributed by atoms with Gasteiger partial charge < -0.3 is 0 Å². The van der Waals surface area contributed by atoms with E-state index in [0.717, 1.165) is 0 Å². The molecule has 2 rings (SSSR count). The quantitative estimate of drug-likeness (QED) is 0.669. The Morgan fingerprint density at radius 2 is 1.50 bits per heavy atom. The Morgan fingerprint density at radius 1 is 0.850 bits per heavy atom. The summed E-state index contributed by atoms with van der Waals surface area (Å²) in [4.78, 5) is 0. The molecular formula is C19H21B. The van der Waals surface area contributed by atoms with Gasteiger partial charge in [0.1, 0.15) is 0 Å². The van der Waals surface area contributed by atoms with E-state index in [9.17, 15) is 0 Å². The third kappa shape index (κ3) is 2.99. The molecule has 0 fully saturated rings. The Balaban J connectivity index is 2.57. The molecule has 100 valence electrons. The molecule has 2 aromatic rings. The molecule has 0 radical (unpaired) electrons. The van der Waals surface area contributed by atoms with Gasteiger partial charge in [-0.2, -0.15) is 0 Å². The third-order valence-corrected chi connectivity index (χ3v) is 3.72. The van der Waals surface area contributed by atoms with Crippen molar-refractivity contribution in [2.24, 2.45) is 0 Å². The van der Waals surface area contributed by atoms with Gasteiger partial charge in [0, 0.05) is 0 Å². The summed E-state index contributed by atoms with van der Waals surface area (Å²) in [5.74, 6) is 2.08. The summed E-state index contributed by atoms with van der Waals surface area (Å²) in [5, 5.41) is 2.59. The average molecular weight is 260 g/mol. The van der Waals surface area contributed by atoms with Crippen LogP contribution in [-0.4, -0.2) is 12.9 Å². The molecule has 0 heterocycles. The van der Waals surface area contributed by atoms with E-state index in [2.05, 4.69) is 89.1 Å². The molecule has 0 aliphatic heterocycles. The first kappa shape index (κ1) is 14.5. The van der Waals surface area contributed by atoms with Gasteiger partial charge in [-0.25, -0.2) is 0 Å². The van der Waals surface area contributed by atoms with Gasteiger partial charge in [0.25, 0.3) is 0 Å². The van der Waals surface area contributed by atoms with Crippen LogP contribution in [0.1, 0.15) is 38.8 Å². The van der Waals surface area contributed by atoms with Gasteiger partial charge in [-0.05, 0) is 0 Å². The van der Waals surface area contributed by atoms with Crippen LogP contribution in [0.15, 0.2) is 48.6 Å². The van der Waals surface area contributed by atoms with Crippen LogP contribution >= 0.6 is 0 Å². The molecule has 0 spiro atoms. The van der Waals surface area contributed by atoms with Crippen molar-refractivity contribution in [1.82, 2.24) is 0 Å². The van der Waals surface area contributed by atoms with Crippen LogP contribution in [0.3, 0.4) is 0 Å². The molecule has 0 aromatic heterocycles. The minimum absolute atomic E-state index is 1.27. The van der Waals surface area contributed by atoms with Gasteiger partial charge in [0.2, 0.25) is 0 Å². The van der Waals surface area contributed by atoms with E-state index in [1.807, 2.05) is 0 Å². The van der Waals surface area contributed by atoms with Crippen molar-refractivity contribution in [3.63, 3.8) is 0 Å². The first-order valence-electron chi connectivity index (χ1n) is 7.16. The molecule has 0 saturated carbocycles. The Hall–Kier alpha value is -1.89. The zero-order valence-electron chi connectivity index (χ0n) is 12.8. The molecule has 2 aromatic carbocycles. The van der Waals surface area contributed by atoms with Crippen molar-refractivity contribution in [1.29, 1.82) is 0 Å². The molecule has 0 unspecified atom stereocenters. The van der Waals surface area contributed by atoms with Crippen LogP contribution < -0.4 is 0 Å². The van der Waals surface area contributed by atoms with E-state index in [0.29, 0.717) is 0 Å². The first-order chi connectivity index (χ1) is 9.69. The Morgan fingerprint density at radius 3 is 2.10 bits per heavy atom. The van der Waals surface area contributed by atoms with Crippen molar-refractivity contribution in [3.8, 4) is 0 Å². The summed E-state index contributed by atoms with van der Waals surface area (Å²) >= 11 is 0. The maximum absolute atomic E-state index is 2.27. The fourth-order valence-electron chi connectivity index (χ4n) is 2.38. The molecule has 0 saturated heterocycles. The topological polar surface area (TPSA) is 0 Å². The number of benzene rings is 2. The van der Waals surface area contributed by atoms with Crippen LogP contribution in [0, 0.1) is 0 Å². The monoisotopic (exact) mass is 260 g/mol. The molecule has 0 atom stereocenters. The van der Waals surface area contributed by atoms with E-state index in [4.69, 9.17) is 0 Å². The summed E-state index contributed by atoms with van der Waals surface area (Å²) in [6.07, 6.45) is 4.31. The maximum atomic E-state index is 2.27.